The molecule has 0 aliphatic carbocycles. The minimum atomic E-state index is -0.632. The van der Waals surface area contributed by atoms with Crippen LogP contribution in [0.5, 0.6) is 0 Å². The topological polar surface area (TPSA) is 85.4 Å². The van der Waals surface area contributed by atoms with Gasteiger partial charge >= 0.3 is 0 Å². The van der Waals surface area contributed by atoms with Gasteiger partial charge in [0, 0.05) is 57.3 Å². The number of nitrogens with one attached hydrogen (secondary N) is 1. The highest BCUT2D eigenvalue weighted by Gasteiger charge is 2.30. The summed E-state index contributed by atoms with van der Waals surface area (Å²) in [6.07, 6.45) is 2.63. The van der Waals surface area contributed by atoms with Crippen molar-refractivity contribution in [3.05, 3.63) is 57.3 Å². The van der Waals surface area contributed by atoms with Gasteiger partial charge in [0.15, 0.2) is 5.82 Å². The van der Waals surface area contributed by atoms with Gasteiger partial charge in [-0.2, -0.15) is 0 Å². The van der Waals surface area contributed by atoms with Crippen LogP contribution in [0.2, 0.25) is 10.0 Å². The Labute approximate surface area is 218 Å². The smallest absolute Gasteiger partial charge is 0.253 e. The second kappa shape index (κ2) is 10.7. The number of fused-ring (bicyclic) bond motifs is 1. The van der Waals surface area contributed by atoms with E-state index in [2.05, 4.69) is 20.3 Å². The minimum Gasteiger partial charge on any atom is -0.340 e. The van der Waals surface area contributed by atoms with Crippen molar-refractivity contribution < 1.29 is 14.0 Å². The van der Waals surface area contributed by atoms with Gasteiger partial charge in [-0.05, 0) is 55.2 Å². The molecule has 0 unspecified atom stereocenters. The third-order valence-electron chi connectivity index (χ3n) is 7.18. The molecule has 2 aliphatic heterocycles. The lowest BCUT2D eigenvalue weighted by atomic mass is 10.0. The van der Waals surface area contributed by atoms with Gasteiger partial charge in [-0.1, -0.05) is 28.4 Å². The number of likely N-dealkylation sites (tertiary alicyclic amines) is 1. The zero-order chi connectivity index (χ0) is 25.2. The van der Waals surface area contributed by atoms with Crippen molar-refractivity contribution in [2.75, 3.05) is 39.3 Å². The van der Waals surface area contributed by atoms with Gasteiger partial charge in [-0.15, -0.1) is 5.10 Å². The summed E-state index contributed by atoms with van der Waals surface area (Å²) in [4.78, 5) is 31.9. The van der Waals surface area contributed by atoms with Crippen molar-refractivity contribution in [3.63, 3.8) is 0 Å². The van der Waals surface area contributed by atoms with Crippen LogP contribution in [0.15, 0.2) is 30.3 Å². The van der Waals surface area contributed by atoms with Crippen molar-refractivity contribution in [2.45, 2.75) is 31.7 Å². The highest BCUT2D eigenvalue weighted by molar-refractivity contribution is 6.35. The Morgan fingerprint density at radius 1 is 0.972 bits per heavy atom. The van der Waals surface area contributed by atoms with Crippen LogP contribution >= 0.6 is 23.2 Å². The number of aryl methyl sites for hydroxylation is 1. The Balaban J connectivity index is 1.07. The maximum absolute atomic E-state index is 13.6. The second-order valence-corrected chi connectivity index (χ2v) is 10.2. The van der Waals surface area contributed by atoms with Crippen molar-refractivity contribution in [1.29, 1.82) is 0 Å². The van der Waals surface area contributed by atoms with Crippen molar-refractivity contribution >= 4 is 46.0 Å². The standard InChI is InChI=1S/C25H27Cl2FN6O2/c26-19-13-16(14-20(27)24(19)28)1-4-23(35)33-11-9-32(10-12-33)18-5-7-34(8-6-18)25(36)17-2-3-21-22(15-17)30-31-29-21/h2-3,13-15,18H,1,4-12H2,(H,29,30,31). The van der Waals surface area contributed by atoms with Crippen molar-refractivity contribution in [2.24, 2.45) is 0 Å². The van der Waals surface area contributed by atoms with E-state index in [1.807, 2.05) is 21.9 Å². The maximum atomic E-state index is 13.6. The lowest BCUT2D eigenvalue weighted by Crippen LogP contribution is -2.54. The number of aromatic amines is 1. The van der Waals surface area contributed by atoms with E-state index < -0.39 is 5.82 Å². The number of carbonyl (C=O) groups excluding carboxylic acids is 2. The molecule has 2 fully saturated rings. The first kappa shape index (κ1) is 24.9. The number of halogens is 3. The Hall–Kier alpha value is -2.75. The number of nitrogens with zero attached hydrogens (tertiary/aromatic N) is 5. The molecular formula is C25H27Cl2FN6O2. The maximum Gasteiger partial charge on any atom is 0.253 e. The largest absolute Gasteiger partial charge is 0.340 e. The molecule has 2 saturated heterocycles. The molecule has 8 nitrogen and oxygen atoms in total. The van der Waals surface area contributed by atoms with Crippen LogP contribution in [0.3, 0.4) is 0 Å². The summed E-state index contributed by atoms with van der Waals surface area (Å²) in [5.74, 6) is -0.527. The number of benzene rings is 2. The fourth-order valence-corrected chi connectivity index (χ4v) is 5.62. The molecule has 0 bridgehead atoms. The van der Waals surface area contributed by atoms with E-state index in [1.54, 1.807) is 6.07 Å². The number of hydrogen-bond acceptors (Lipinski definition) is 5. The molecule has 2 aliphatic rings. The van der Waals surface area contributed by atoms with E-state index in [9.17, 15) is 14.0 Å². The van der Waals surface area contributed by atoms with Crippen LogP contribution in [0.25, 0.3) is 11.0 Å². The molecule has 190 valence electrons. The minimum absolute atomic E-state index is 0.0255. The van der Waals surface area contributed by atoms with Crippen LogP contribution in [0.4, 0.5) is 4.39 Å². The van der Waals surface area contributed by atoms with Crippen LogP contribution < -0.4 is 0 Å². The second-order valence-electron chi connectivity index (χ2n) is 9.36. The van der Waals surface area contributed by atoms with E-state index in [1.165, 1.54) is 12.1 Å². The monoisotopic (exact) mass is 532 g/mol. The van der Waals surface area contributed by atoms with E-state index in [0.717, 1.165) is 37.0 Å². The Kier molecular flexibility index (Phi) is 7.41. The van der Waals surface area contributed by atoms with Crippen molar-refractivity contribution in [3.8, 4) is 0 Å². The van der Waals surface area contributed by atoms with Crippen molar-refractivity contribution in [1.82, 2.24) is 30.1 Å². The molecule has 1 N–H and O–H groups in total. The highest BCUT2D eigenvalue weighted by atomic mass is 35.5. The van der Waals surface area contributed by atoms with Crippen LogP contribution in [-0.4, -0.2) is 87.2 Å². The molecular weight excluding hydrogens is 506 g/mol. The summed E-state index contributed by atoms with van der Waals surface area (Å²) in [7, 11) is 0. The molecule has 0 spiro atoms. The molecule has 1 aromatic heterocycles. The fourth-order valence-electron chi connectivity index (χ4n) is 5.09. The lowest BCUT2D eigenvalue weighted by molar-refractivity contribution is -0.133. The SMILES string of the molecule is O=C(CCc1cc(Cl)c(F)c(Cl)c1)N1CCN(C2CCN(C(=O)c3ccc4[nH]nnc4c3)CC2)CC1. The number of piperidine rings is 1. The quantitative estimate of drug-likeness (QED) is 0.505. The number of H-pyrrole nitrogens is 1. The normalized spacial score (nSPS) is 17.6. The number of rotatable bonds is 5. The molecule has 0 atom stereocenters. The number of amides is 2. The van der Waals surface area contributed by atoms with E-state index in [4.69, 9.17) is 23.2 Å². The summed E-state index contributed by atoms with van der Waals surface area (Å²) >= 11 is 11.7. The Morgan fingerprint density at radius 2 is 1.67 bits per heavy atom. The first-order valence-electron chi connectivity index (χ1n) is 12.1. The van der Waals surface area contributed by atoms with E-state index in [-0.39, 0.29) is 21.9 Å². The summed E-state index contributed by atoms with van der Waals surface area (Å²) in [5, 5.41) is 10.5. The first-order valence-corrected chi connectivity index (χ1v) is 12.9. The molecule has 5 rings (SSSR count). The van der Waals surface area contributed by atoms with E-state index in [0.29, 0.717) is 56.1 Å². The predicted octanol–water partition coefficient (Wildman–Crippen LogP) is 3.79. The third-order valence-corrected chi connectivity index (χ3v) is 7.73. The Morgan fingerprint density at radius 3 is 2.36 bits per heavy atom. The van der Waals surface area contributed by atoms with Crippen LogP contribution in [-0.2, 0) is 11.2 Å². The summed E-state index contributed by atoms with van der Waals surface area (Å²) in [6, 6.07) is 8.89. The molecule has 0 radical (unpaired) electrons. The summed E-state index contributed by atoms with van der Waals surface area (Å²) < 4.78 is 13.6. The highest BCUT2D eigenvalue weighted by Crippen LogP contribution is 2.26. The third kappa shape index (κ3) is 5.33. The van der Waals surface area contributed by atoms with Gasteiger partial charge in [0.05, 0.1) is 15.6 Å². The molecule has 3 aromatic rings. The zero-order valence-electron chi connectivity index (χ0n) is 19.7. The number of hydrogen-bond donors (Lipinski definition) is 1. The van der Waals surface area contributed by atoms with Gasteiger partial charge in [0.2, 0.25) is 5.91 Å². The molecule has 2 aromatic carbocycles. The molecule has 3 heterocycles. The average molecular weight is 533 g/mol. The fraction of sp³-hybridized carbons (Fsp3) is 0.440. The van der Waals surface area contributed by atoms with Crippen LogP contribution in [0.1, 0.15) is 35.2 Å². The van der Waals surface area contributed by atoms with E-state index >= 15 is 0 Å². The van der Waals surface area contributed by atoms with Crippen LogP contribution in [0, 0.1) is 5.82 Å². The van der Waals surface area contributed by atoms with Gasteiger partial charge in [-0.3, -0.25) is 19.6 Å². The predicted molar refractivity (Wildman–Crippen MR) is 136 cm³/mol. The molecule has 11 heteroatoms. The lowest BCUT2D eigenvalue weighted by Gasteiger charge is -2.42. The average Bonchev–Trinajstić information content (AvgIpc) is 3.38. The first-order chi connectivity index (χ1) is 17.4. The zero-order valence-corrected chi connectivity index (χ0v) is 21.2. The summed E-state index contributed by atoms with van der Waals surface area (Å²) in [5.41, 5.74) is 2.88. The molecule has 2 amide bonds. The number of aromatic nitrogens is 3. The van der Waals surface area contributed by atoms with Gasteiger partial charge in [0.25, 0.3) is 5.91 Å². The van der Waals surface area contributed by atoms with Gasteiger partial charge in [0.1, 0.15) is 5.52 Å². The summed E-state index contributed by atoms with van der Waals surface area (Å²) in [6.45, 7) is 4.43. The van der Waals surface area contributed by atoms with Gasteiger partial charge in [-0.25, -0.2) is 4.39 Å². The molecule has 36 heavy (non-hydrogen) atoms. The molecule has 0 saturated carbocycles. The van der Waals surface area contributed by atoms with Gasteiger partial charge < -0.3 is 9.80 Å². The number of carbonyl (C=O) groups is 2. The Bertz CT molecular complexity index is 1250. The number of piperazine rings is 1.